The molecule has 2 aromatic heterocycles. The van der Waals surface area contributed by atoms with E-state index in [4.69, 9.17) is 4.74 Å². The van der Waals surface area contributed by atoms with Crippen LogP contribution in [0.2, 0.25) is 0 Å². The summed E-state index contributed by atoms with van der Waals surface area (Å²) < 4.78 is 7.36. The number of amides is 1. The van der Waals surface area contributed by atoms with Crippen LogP contribution in [0.1, 0.15) is 35.9 Å². The van der Waals surface area contributed by atoms with E-state index in [0.29, 0.717) is 17.9 Å². The van der Waals surface area contributed by atoms with Crippen molar-refractivity contribution in [1.29, 1.82) is 0 Å². The molecule has 0 aliphatic rings. The lowest BCUT2D eigenvalue weighted by atomic mass is 10.1. The second kappa shape index (κ2) is 6.84. The Balaban J connectivity index is 1.74. The van der Waals surface area contributed by atoms with Gasteiger partial charge in [0.05, 0.1) is 23.5 Å². The number of nitrogens with one attached hydrogen (secondary N) is 1. The topological polar surface area (TPSA) is 68.5 Å². The van der Waals surface area contributed by atoms with Gasteiger partial charge in [0.25, 0.3) is 5.91 Å². The second-order valence-electron chi connectivity index (χ2n) is 5.57. The first-order valence-corrected chi connectivity index (χ1v) is 8.38. The third kappa shape index (κ3) is 3.46. The van der Waals surface area contributed by atoms with Crippen LogP contribution < -0.4 is 10.1 Å². The lowest BCUT2D eigenvalue weighted by Gasteiger charge is -2.14. The molecule has 3 rings (SSSR count). The number of hydrogen-bond donors (Lipinski definition) is 1. The summed E-state index contributed by atoms with van der Waals surface area (Å²) in [5.74, 6) is 0.335. The average molecular weight is 342 g/mol. The van der Waals surface area contributed by atoms with E-state index in [1.165, 1.54) is 11.3 Å². The molecule has 0 bridgehead atoms. The zero-order chi connectivity index (χ0) is 17.1. The minimum Gasteiger partial charge on any atom is -0.488 e. The van der Waals surface area contributed by atoms with E-state index in [2.05, 4.69) is 22.0 Å². The number of rotatable bonds is 6. The minimum atomic E-state index is -0.236. The van der Waals surface area contributed by atoms with Crippen molar-refractivity contribution in [2.45, 2.75) is 19.9 Å². The molecule has 1 amide bonds. The van der Waals surface area contributed by atoms with E-state index in [0.717, 1.165) is 16.2 Å². The highest BCUT2D eigenvalue weighted by atomic mass is 32.1. The number of benzene rings is 1. The minimum absolute atomic E-state index is 0.205. The van der Waals surface area contributed by atoms with E-state index in [1.54, 1.807) is 22.2 Å². The van der Waals surface area contributed by atoms with Gasteiger partial charge in [-0.25, -0.2) is 9.50 Å². The Morgan fingerprint density at radius 1 is 1.46 bits per heavy atom. The van der Waals surface area contributed by atoms with Crippen molar-refractivity contribution in [2.75, 3.05) is 6.61 Å². The van der Waals surface area contributed by atoms with Gasteiger partial charge in [0, 0.05) is 0 Å². The van der Waals surface area contributed by atoms with Crippen LogP contribution in [-0.4, -0.2) is 27.1 Å². The normalized spacial score (nSPS) is 12.1. The van der Waals surface area contributed by atoms with Crippen LogP contribution in [-0.2, 0) is 0 Å². The molecule has 1 N–H and O–H groups in total. The Morgan fingerprint density at radius 2 is 2.25 bits per heavy atom. The monoisotopic (exact) mass is 342 g/mol. The zero-order valence-corrected chi connectivity index (χ0v) is 14.3. The SMILES string of the molecule is C=C(C)COc1ccccc1C(=O)NC(C)c1cn2ncsc2n1. The highest BCUT2D eigenvalue weighted by Gasteiger charge is 2.18. The maximum Gasteiger partial charge on any atom is 0.255 e. The summed E-state index contributed by atoms with van der Waals surface area (Å²) in [5, 5.41) is 7.10. The van der Waals surface area contributed by atoms with Crippen LogP contribution in [0.4, 0.5) is 0 Å². The lowest BCUT2D eigenvalue weighted by Crippen LogP contribution is -2.27. The predicted molar refractivity (Wildman–Crippen MR) is 93.5 cm³/mol. The largest absolute Gasteiger partial charge is 0.488 e. The van der Waals surface area contributed by atoms with E-state index in [1.807, 2.05) is 32.2 Å². The van der Waals surface area contributed by atoms with Crippen LogP contribution in [0.25, 0.3) is 4.96 Å². The van der Waals surface area contributed by atoms with Crippen molar-refractivity contribution >= 4 is 22.2 Å². The summed E-state index contributed by atoms with van der Waals surface area (Å²) in [6, 6.07) is 6.93. The molecule has 24 heavy (non-hydrogen) atoms. The molecule has 1 aromatic carbocycles. The average Bonchev–Trinajstić information content (AvgIpc) is 3.14. The molecule has 0 aliphatic heterocycles. The zero-order valence-electron chi connectivity index (χ0n) is 13.5. The van der Waals surface area contributed by atoms with Gasteiger partial charge >= 0.3 is 0 Å². The van der Waals surface area contributed by atoms with E-state index in [-0.39, 0.29) is 11.9 Å². The Kier molecular flexibility index (Phi) is 4.61. The van der Waals surface area contributed by atoms with Gasteiger partial charge in [-0.15, -0.1) is 0 Å². The fraction of sp³-hybridized carbons (Fsp3) is 0.235. The molecule has 0 aliphatic carbocycles. The van der Waals surface area contributed by atoms with E-state index >= 15 is 0 Å². The highest BCUT2D eigenvalue weighted by Crippen LogP contribution is 2.21. The first-order chi connectivity index (χ1) is 11.5. The van der Waals surface area contributed by atoms with E-state index in [9.17, 15) is 4.79 Å². The molecular formula is C17H18N4O2S. The number of imidazole rings is 1. The number of nitrogens with zero attached hydrogens (tertiary/aromatic N) is 3. The van der Waals surface area contributed by atoms with E-state index < -0.39 is 0 Å². The standard InChI is InChI=1S/C17H18N4O2S/c1-11(2)9-23-15-7-5-4-6-13(15)16(22)19-12(3)14-8-21-17(20-14)24-10-18-21/h4-8,10,12H,1,9H2,2-3H3,(H,19,22). The molecule has 0 saturated carbocycles. The third-order valence-corrected chi connectivity index (χ3v) is 4.09. The molecule has 0 saturated heterocycles. The van der Waals surface area contributed by atoms with Gasteiger partial charge in [0.15, 0.2) is 0 Å². The van der Waals surface area contributed by atoms with Crippen molar-refractivity contribution < 1.29 is 9.53 Å². The van der Waals surface area contributed by atoms with Gasteiger partial charge in [-0.1, -0.05) is 30.0 Å². The van der Waals surface area contributed by atoms with Crippen LogP contribution in [0.15, 0.2) is 48.1 Å². The number of carbonyl (C=O) groups excluding carboxylic acids is 1. The first-order valence-electron chi connectivity index (χ1n) is 7.50. The van der Waals surface area contributed by atoms with Crippen molar-refractivity contribution in [3.63, 3.8) is 0 Å². The Hall–Kier alpha value is -2.67. The van der Waals surface area contributed by atoms with Crippen molar-refractivity contribution in [1.82, 2.24) is 19.9 Å². The number of ether oxygens (including phenoxy) is 1. The molecule has 2 heterocycles. The molecule has 124 valence electrons. The van der Waals surface area contributed by atoms with Crippen molar-refractivity contribution in [3.8, 4) is 5.75 Å². The van der Waals surface area contributed by atoms with Gasteiger partial charge < -0.3 is 10.1 Å². The number of hydrogen-bond acceptors (Lipinski definition) is 5. The number of carbonyl (C=O) groups is 1. The lowest BCUT2D eigenvalue weighted by molar-refractivity contribution is 0.0935. The van der Waals surface area contributed by atoms with Crippen LogP contribution in [0.5, 0.6) is 5.75 Å². The summed E-state index contributed by atoms with van der Waals surface area (Å²) in [6.45, 7) is 7.95. The molecule has 1 unspecified atom stereocenters. The fourth-order valence-electron chi connectivity index (χ4n) is 2.19. The second-order valence-corrected chi connectivity index (χ2v) is 6.38. The Bertz CT molecular complexity index is 855. The smallest absolute Gasteiger partial charge is 0.255 e. The van der Waals surface area contributed by atoms with Gasteiger partial charge in [0.2, 0.25) is 4.96 Å². The van der Waals surface area contributed by atoms with Gasteiger partial charge in [-0.3, -0.25) is 4.79 Å². The molecule has 0 fully saturated rings. The molecule has 6 nitrogen and oxygen atoms in total. The molecule has 1 atom stereocenters. The molecule has 7 heteroatoms. The van der Waals surface area contributed by atoms with Crippen molar-refractivity contribution in [3.05, 3.63) is 59.4 Å². The van der Waals surface area contributed by atoms with Crippen LogP contribution >= 0.6 is 11.3 Å². The third-order valence-electron chi connectivity index (χ3n) is 3.40. The predicted octanol–water partition coefficient (Wildman–Crippen LogP) is 3.24. The maximum absolute atomic E-state index is 12.6. The molecule has 0 radical (unpaired) electrons. The fourth-order valence-corrected chi connectivity index (χ4v) is 2.80. The Morgan fingerprint density at radius 3 is 3.00 bits per heavy atom. The van der Waals surface area contributed by atoms with Crippen LogP contribution in [0.3, 0.4) is 0 Å². The number of fused-ring (bicyclic) bond motifs is 1. The molecule has 0 spiro atoms. The summed E-state index contributed by atoms with van der Waals surface area (Å²) in [6.07, 6.45) is 1.82. The summed E-state index contributed by atoms with van der Waals surface area (Å²) in [4.78, 5) is 17.9. The Labute approximate surface area is 143 Å². The molecule has 3 aromatic rings. The van der Waals surface area contributed by atoms with Gasteiger partial charge in [-0.05, 0) is 31.6 Å². The summed E-state index contributed by atoms with van der Waals surface area (Å²) in [7, 11) is 0. The first kappa shape index (κ1) is 16.2. The number of aromatic nitrogens is 3. The van der Waals surface area contributed by atoms with Crippen molar-refractivity contribution in [2.24, 2.45) is 0 Å². The summed E-state index contributed by atoms with van der Waals surface area (Å²) >= 11 is 1.45. The summed E-state index contributed by atoms with van der Waals surface area (Å²) in [5.41, 5.74) is 3.88. The number of para-hydroxylation sites is 1. The maximum atomic E-state index is 12.6. The quantitative estimate of drug-likeness (QED) is 0.698. The van der Waals surface area contributed by atoms with Crippen LogP contribution in [0, 0.1) is 0 Å². The highest BCUT2D eigenvalue weighted by molar-refractivity contribution is 7.14. The van der Waals surface area contributed by atoms with Gasteiger partial charge in [0.1, 0.15) is 17.9 Å². The molecular weight excluding hydrogens is 324 g/mol. The van der Waals surface area contributed by atoms with Gasteiger partial charge in [-0.2, -0.15) is 5.10 Å².